The summed E-state index contributed by atoms with van der Waals surface area (Å²) in [4.78, 5) is 34.0. The Balaban J connectivity index is 2.01. The minimum atomic E-state index is -0.117. The zero-order valence-electron chi connectivity index (χ0n) is 16.4. The van der Waals surface area contributed by atoms with Gasteiger partial charge in [-0.1, -0.05) is 38.8 Å². The van der Waals surface area contributed by atoms with Crippen LogP contribution in [0, 0.1) is 0 Å². The van der Waals surface area contributed by atoms with Crippen molar-refractivity contribution in [2.45, 2.75) is 39.5 Å². The van der Waals surface area contributed by atoms with Crippen molar-refractivity contribution >= 4 is 33.6 Å². The SMILES string of the molecule is CCCCNC(=O)c1ccnc2c1ccc1c(C(=O)NCCCC)ccnc12. The fraction of sp³-hybridized carbons (Fsp3) is 0.364. The average molecular weight is 378 g/mol. The molecule has 2 amide bonds. The van der Waals surface area contributed by atoms with E-state index in [9.17, 15) is 9.59 Å². The Morgan fingerprint density at radius 2 is 1.18 bits per heavy atom. The van der Waals surface area contributed by atoms with Crippen molar-refractivity contribution < 1.29 is 9.59 Å². The molecule has 2 N–H and O–H groups in total. The Bertz CT molecular complexity index is 920. The van der Waals surface area contributed by atoms with E-state index in [-0.39, 0.29) is 11.8 Å². The summed E-state index contributed by atoms with van der Waals surface area (Å²) in [5.41, 5.74) is 2.40. The molecule has 0 aliphatic rings. The molecule has 146 valence electrons. The smallest absolute Gasteiger partial charge is 0.252 e. The number of fused-ring (bicyclic) bond motifs is 3. The molecule has 0 saturated heterocycles. The van der Waals surface area contributed by atoms with Crippen molar-refractivity contribution in [1.82, 2.24) is 20.6 Å². The van der Waals surface area contributed by atoms with Crippen LogP contribution in [0.4, 0.5) is 0 Å². The first-order valence-corrected chi connectivity index (χ1v) is 9.90. The molecule has 0 aliphatic heterocycles. The third kappa shape index (κ3) is 4.11. The first-order valence-electron chi connectivity index (χ1n) is 9.90. The van der Waals surface area contributed by atoms with E-state index in [0.717, 1.165) is 36.5 Å². The van der Waals surface area contributed by atoms with Crippen LogP contribution in [0.1, 0.15) is 60.2 Å². The third-order valence-electron chi connectivity index (χ3n) is 4.74. The van der Waals surface area contributed by atoms with Crippen LogP contribution in [0.25, 0.3) is 21.8 Å². The number of benzene rings is 1. The highest BCUT2D eigenvalue weighted by Gasteiger charge is 2.16. The van der Waals surface area contributed by atoms with E-state index in [1.165, 1.54) is 0 Å². The summed E-state index contributed by atoms with van der Waals surface area (Å²) < 4.78 is 0. The molecule has 28 heavy (non-hydrogen) atoms. The molecule has 1 aromatic carbocycles. The summed E-state index contributed by atoms with van der Waals surface area (Å²) in [6.07, 6.45) is 7.16. The van der Waals surface area contributed by atoms with Gasteiger partial charge in [0, 0.05) is 36.3 Å². The quantitative estimate of drug-likeness (QED) is 0.461. The largest absolute Gasteiger partial charge is 0.352 e. The van der Waals surface area contributed by atoms with Crippen LogP contribution in [0.5, 0.6) is 0 Å². The van der Waals surface area contributed by atoms with Gasteiger partial charge in [-0.25, -0.2) is 0 Å². The van der Waals surface area contributed by atoms with E-state index in [1.54, 1.807) is 24.5 Å². The van der Waals surface area contributed by atoms with Gasteiger partial charge < -0.3 is 10.6 Å². The number of pyridine rings is 2. The second-order valence-electron chi connectivity index (χ2n) is 6.79. The number of nitrogens with one attached hydrogen (secondary N) is 2. The van der Waals surface area contributed by atoms with Crippen molar-refractivity contribution in [3.05, 3.63) is 47.8 Å². The Kier molecular flexibility index (Phi) is 6.53. The molecule has 3 aromatic rings. The molecular formula is C22H26N4O2. The summed E-state index contributed by atoms with van der Waals surface area (Å²) >= 11 is 0. The van der Waals surface area contributed by atoms with Gasteiger partial charge in [0.1, 0.15) is 0 Å². The van der Waals surface area contributed by atoms with E-state index in [0.29, 0.717) is 35.2 Å². The number of aromatic nitrogens is 2. The molecule has 0 unspecified atom stereocenters. The predicted molar refractivity (Wildman–Crippen MR) is 112 cm³/mol. The number of hydrogen-bond acceptors (Lipinski definition) is 4. The Hall–Kier alpha value is -3.02. The molecule has 6 nitrogen and oxygen atoms in total. The second kappa shape index (κ2) is 9.26. The van der Waals surface area contributed by atoms with Crippen LogP contribution in [-0.4, -0.2) is 34.9 Å². The van der Waals surface area contributed by atoms with E-state index < -0.39 is 0 Å². The van der Waals surface area contributed by atoms with Crippen molar-refractivity contribution in [2.75, 3.05) is 13.1 Å². The molecule has 0 saturated carbocycles. The maximum absolute atomic E-state index is 12.6. The highest BCUT2D eigenvalue weighted by molar-refractivity contribution is 6.16. The van der Waals surface area contributed by atoms with Crippen LogP contribution in [0.3, 0.4) is 0 Å². The molecule has 0 spiro atoms. The standard InChI is InChI=1S/C22H26N4O2/c1-3-5-11-25-21(27)17-9-13-23-19-15(17)7-8-16-18(10-14-24-20(16)19)22(28)26-12-6-4-2/h7-10,13-14H,3-6,11-12H2,1-2H3,(H,25,27)(H,26,28). The lowest BCUT2D eigenvalue weighted by Crippen LogP contribution is -2.25. The Morgan fingerprint density at radius 3 is 1.57 bits per heavy atom. The summed E-state index contributed by atoms with van der Waals surface area (Å²) in [7, 11) is 0. The number of hydrogen-bond donors (Lipinski definition) is 2. The number of rotatable bonds is 8. The van der Waals surface area contributed by atoms with Crippen LogP contribution in [0.15, 0.2) is 36.7 Å². The van der Waals surface area contributed by atoms with Crippen molar-refractivity contribution in [3.63, 3.8) is 0 Å². The van der Waals surface area contributed by atoms with E-state index in [4.69, 9.17) is 0 Å². The third-order valence-corrected chi connectivity index (χ3v) is 4.74. The van der Waals surface area contributed by atoms with Gasteiger partial charge in [-0.3, -0.25) is 19.6 Å². The normalized spacial score (nSPS) is 10.9. The molecule has 0 bridgehead atoms. The van der Waals surface area contributed by atoms with Gasteiger partial charge in [0.05, 0.1) is 22.2 Å². The first kappa shape index (κ1) is 19.7. The maximum Gasteiger partial charge on any atom is 0.252 e. The van der Waals surface area contributed by atoms with Gasteiger partial charge in [0.2, 0.25) is 0 Å². The van der Waals surface area contributed by atoms with Crippen molar-refractivity contribution in [2.24, 2.45) is 0 Å². The zero-order valence-corrected chi connectivity index (χ0v) is 16.4. The molecule has 2 aromatic heterocycles. The van der Waals surface area contributed by atoms with Crippen LogP contribution >= 0.6 is 0 Å². The molecular weight excluding hydrogens is 352 g/mol. The van der Waals surface area contributed by atoms with Gasteiger partial charge >= 0.3 is 0 Å². The highest BCUT2D eigenvalue weighted by atomic mass is 16.2. The second-order valence-corrected chi connectivity index (χ2v) is 6.79. The fourth-order valence-corrected chi connectivity index (χ4v) is 3.17. The zero-order chi connectivity index (χ0) is 19.9. The predicted octanol–water partition coefficient (Wildman–Crippen LogP) is 3.84. The van der Waals surface area contributed by atoms with E-state index in [1.807, 2.05) is 12.1 Å². The number of carbonyl (C=O) groups excluding carboxylic acids is 2. The first-order chi connectivity index (χ1) is 13.7. The van der Waals surface area contributed by atoms with Gasteiger partial charge in [-0.05, 0) is 25.0 Å². The highest BCUT2D eigenvalue weighted by Crippen LogP contribution is 2.26. The molecule has 0 atom stereocenters. The number of carbonyl (C=O) groups is 2. The van der Waals surface area contributed by atoms with Crippen LogP contribution in [-0.2, 0) is 0 Å². The monoisotopic (exact) mass is 378 g/mol. The molecule has 2 heterocycles. The van der Waals surface area contributed by atoms with Crippen molar-refractivity contribution in [1.29, 1.82) is 0 Å². The topological polar surface area (TPSA) is 84.0 Å². The minimum Gasteiger partial charge on any atom is -0.352 e. The van der Waals surface area contributed by atoms with Crippen LogP contribution < -0.4 is 10.6 Å². The number of amides is 2. The van der Waals surface area contributed by atoms with E-state index in [2.05, 4.69) is 34.4 Å². The van der Waals surface area contributed by atoms with Gasteiger partial charge in [-0.2, -0.15) is 0 Å². The molecule has 0 fully saturated rings. The lowest BCUT2D eigenvalue weighted by Gasteiger charge is -2.11. The molecule has 6 heteroatoms. The van der Waals surface area contributed by atoms with Gasteiger partial charge in [-0.15, -0.1) is 0 Å². The minimum absolute atomic E-state index is 0.117. The lowest BCUT2D eigenvalue weighted by molar-refractivity contribution is 0.0946. The molecule has 0 radical (unpaired) electrons. The summed E-state index contributed by atoms with van der Waals surface area (Å²) in [6.45, 7) is 5.46. The summed E-state index contributed by atoms with van der Waals surface area (Å²) in [6, 6.07) is 7.14. The lowest BCUT2D eigenvalue weighted by atomic mass is 10.0. The average Bonchev–Trinajstić information content (AvgIpc) is 2.72. The fourth-order valence-electron chi connectivity index (χ4n) is 3.17. The van der Waals surface area contributed by atoms with Crippen molar-refractivity contribution in [3.8, 4) is 0 Å². The van der Waals surface area contributed by atoms with Gasteiger partial charge in [0.25, 0.3) is 11.8 Å². The number of nitrogens with zero attached hydrogens (tertiary/aromatic N) is 2. The Morgan fingerprint density at radius 1 is 0.750 bits per heavy atom. The maximum atomic E-state index is 12.6. The summed E-state index contributed by atoms with van der Waals surface area (Å²) in [5.74, 6) is -0.234. The van der Waals surface area contributed by atoms with E-state index >= 15 is 0 Å². The van der Waals surface area contributed by atoms with Crippen LogP contribution in [0.2, 0.25) is 0 Å². The summed E-state index contributed by atoms with van der Waals surface area (Å²) in [5, 5.41) is 7.37. The number of unbranched alkanes of at least 4 members (excludes halogenated alkanes) is 2. The van der Waals surface area contributed by atoms with Gasteiger partial charge in [0.15, 0.2) is 0 Å². The molecule has 3 rings (SSSR count). The Labute approximate surface area is 164 Å². The molecule has 0 aliphatic carbocycles.